The van der Waals surface area contributed by atoms with Crippen molar-refractivity contribution in [2.24, 2.45) is 5.10 Å². The Balaban J connectivity index is 1.61. The lowest BCUT2D eigenvalue weighted by Crippen LogP contribution is -2.17. The van der Waals surface area contributed by atoms with Crippen molar-refractivity contribution in [1.29, 1.82) is 0 Å². The van der Waals surface area contributed by atoms with E-state index in [1.807, 2.05) is 0 Å². The number of hydrogen-bond donors (Lipinski definition) is 1. The number of hydrazone groups is 1. The van der Waals surface area contributed by atoms with Gasteiger partial charge in [-0.1, -0.05) is 0 Å². The number of hydrogen-bond acceptors (Lipinski definition) is 7. The zero-order chi connectivity index (χ0) is 21.3. The third-order valence-corrected chi connectivity index (χ3v) is 4.05. The predicted octanol–water partition coefficient (Wildman–Crippen LogP) is 3.34. The first kappa shape index (κ1) is 20.5. The van der Waals surface area contributed by atoms with Crippen LogP contribution in [0.15, 0.2) is 72.1 Å². The molecule has 3 aromatic rings. The summed E-state index contributed by atoms with van der Waals surface area (Å²) in [6.07, 6.45) is 4.54. The second-order valence-corrected chi connectivity index (χ2v) is 6.06. The molecule has 0 aliphatic carbocycles. The summed E-state index contributed by atoms with van der Waals surface area (Å²) in [5.41, 5.74) is 4.40. The SMILES string of the molecule is COc1cc(/C=N/NC(=O)c2ccncc2)ccc1OCc1ccc([N+](=O)[O-])cc1. The van der Waals surface area contributed by atoms with E-state index in [0.29, 0.717) is 22.6 Å². The van der Waals surface area contributed by atoms with Crippen molar-refractivity contribution in [2.75, 3.05) is 7.11 Å². The Morgan fingerprint density at radius 2 is 1.87 bits per heavy atom. The van der Waals surface area contributed by atoms with Crippen LogP contribution in [0.1, 0.15) is 21.5 Å². The van der Waals surface area contributed by atoms with Gasteiger partial charge in [-0.3, -0.25) is 19.9 Å². The number of pyridine rings is 1. The number of benzene rings is 2. The molecule has 0 saturated carbocycles. The van der Waals surface area contributed by atoms with E-state index in [4.69, 9.17) is 9.47 Å². The third-order valence-electron chi connectivity index (χ3n) is 4.05. The van der Waals surface area contributed by atoms with Gasteiger partial charge in [-0.2, -0.15) is 5.10 Å². The summed E-state index contributed by atoms with van der Waals surface area (Å²) in [7, 11) is 1.51. The fourth-order valence-corrected chi connectivity index (χ4v) is 2.49. The molecule has 0 saturated heterocycles. The van der Waals surface area contributed by atoms with Gasteiger partial charge in [0, 0.05) is 30.1 Å². The number of ether oxygens (including phenoxy) is 2. The zero-order valence-corrected chi connectivity index (χ0v) is 16.0. The van der Waals surface area contributed by atoms with E-state index >= 15 is 0 Å². The average Bonchev–Trinajstić information content (AvgIpc) is 2.78. The van der Waals surface area contributed by atoms with E-state index in [2.05, 4.69) is 15.5 Å². The zero-order valence-electron chi connectivity index (χ0n) is 16.0. The second-order valence-electron chi connectivity index (χ2n) is 6.06. The summed E-state index contributed by atoms with van der Waals surface area (Å²) < 4.78 is 11.1. The number of non-ortho nitro benzene ring substituents is 1. The van der Waals surface area contributed by atoms with E-state index in [0.717, 1.165) is 5.56 Å². The molecule has 1 amide bonds. The molecule has 0 bridgehead atoms. The quantitative estimate of drug-likeness (QED) is 0.348. The number of amides is 1. The van der Waals surface area contributed by atoms with Crippen LogP contribution in [0.25, 0.3) is 0 Å². The van der Waals surface area contributed by atoms with Crippen LogP contribution < -0.4 is 14.9 Å². The first-order valence-corrected chi connectivity index (χ1v) is 8.84. The van der Waals surface area contributed by atoms with Gasteiger partial charge in [-0.05, 0) is 53.6 Å². The molecule has 30 heavy (non-hydrogen) atoms. The van der Waals surface area contributed by atoms with Crippen LogP contribution in [0, 0.1) is 10.1 Å². The van der Waals surface area contributed by atoms with Gasteiger partial charge < -0.3 is 9.47 Å². The van der Waals surface area contributed by atoms with Gasteiger partial charge in [0.05, 0.1) is 18.2 Å². The van der Waals surface area contributed by atoms with Crippen LogP contribution in [-0.2, 0) is 6.61 Å². The van der Waals surface area contributed by atoms with Gasteiger partial charge in [0.25, 0.3) is 11.6 Å². The van der Waals surface area contributed by atoms with Crippen molar-refractivity contribution in [1.82, 2.24) is 10.4 Å². The number of methoxy groups -OCH3 is 1. The Morgan fingerprint density at radius 1 is 1.13 bits per heavy atom. The molecule has 1 heterocycles. The molecule has 152 valence electrons. The van der Waals surface area contributed by atoms with Crippen molar-refractivity contribution in [2.45, 2.75) is 6.61 Å². The minimum absolute atomic E-state index is 0.0241. The molecule has 0 spiro atoms. The number of nitrogens with one attached hydrogen (secondary N) is 1. The highest BCUT2D eigenvalue weighted by Crippen LogP contribution is 2.28. The number of nitrogens with zero attached hydrogens (tertiary/aromatic N) is 3. The Hall–Kier alpha value is -4.27. The van der Waals surface area contributed by atoms with Gasteiger partial charge in [0.1, 0.15) is 6.61 Å². The molecule has 0 atom stereocenters. The van der Waals surface area contributed by atoms with Crippen molar-refractivity contribution >= 4 is 17.8 Å². The number of carbonyl (C=O) groups excluding carboxylic acids is 1. The third kappa shape index (κ3) is 5.38. The number of carbonyl (C=O) groups is 1. The maximum atomic E-state index is 12.0. The number of nitro benzene ring substituents is 1. The van der Waals surface area contributed by atoms with Gasteiger partial charge >= 0.3 is 0 Å². The van der Waals surface area contributed by atoms with Crippen molar-refractivity contribution in [3.8, 4) is 11.5 Å². The van der Waals surface area contributed by atoms with Crippen LogP contribution in [0.5, 0.6) is 11.5 Å². The minimum Gasteiger partial charge on any atom is -0.493 e. The van der Waals surface area contributed by atoms with Gasteiger partial charge in [-0.15, -0.1) is 0 Å². The summed E-state index contributed by atoms with van der Waals surface area (Å²) in [4.78, 5) is 26.1. The first-order valence-electron chi connectivity index (χ1n) is 8.84. The topological polar surface area (TPSA) is 116 Å². The van der Waals surface area contributed by atoms with Crippen LogP contribution in [0.3, 0.4) is 0 Å². The summed E-state index contributed by atoms with van der Waals surface area (Å²) in [6.45, 7) is 0.226. The fraction of sp³-hybridized carbons (Fsp3) is 0.0952. The highest BCUT2D eigenvalue weighted by atomic mass is 16.6. The Kier molecular flexibility index (Phi) is 6.67. The molecule has 9 heteroatoms. The van der Waals surface area contributed by atoms with E-state index in [1.165, 1.54) is 37.9 Å². The lowest BCUT2D eigenvalue weighted by Gasteiger charge is -2.11. The standard InChI is InChI=1S/C21H18N4O5/c1-29-20-12-16(13-23-24-21(26)17-8-10-22-11-9-17)4-7-19(20)30-14-15-2-5-18(6-3-15)25(27)28/h2-13H,14H2,1H3,(H,24,26)/b23-13+. The average molecular weight is 406 g/mol. The maximum absolute atomic E-state index is 12.0. The molecule has 1 aromatic heterocycles. The first-order chi connectivity index (χ1) is 14.6. The van der Waals surface area contributed by atoms with Crippen molar-refractivity contribution < 1.29 is 19.2 Å². The molecule has 9 nitrogen and oxygen atoms in total. The number of nitro groups is 1. The van der Waals surface area contributed by atoms with Crippen LogP contribution in [0.2, 0.25) is 0 Å². The summed E-state index contributed by atoms with van der Waals surface area (Å²) in [6, 6.07) is 14.5. The Bertz CT molecular complexity index is 1050. The van der Waals surface area contributed by atoms with Gasteiger partial charge in [-0.25, -0.2) is 5.43 Å². The number of aromatic nitrogens is 1. The van der Waals surface area contributed by atoms with Gasteiger partial charge in [0.15, 0.2) is 11.5 Å². The summed E-state index contributed by atoms with van der Waals surface area (Å²) in [5.74, 6) is 0.652. The molecule has 0 radical (unpaired) electrons. The van der Waals surface area contributed by atoms with E-state index in [9.17, 15) is 14.9 Å². The van der Waals surface area contributed by atoms with Crippen LogP contribution >= 0.6 is 0 Å². The number of rotatable bonds is 8. The highest BCUT2D eigenvalue weighted by molar-refractivity contribution is 5.94. The summed E-state index contributed by atoms with van der Waals surface area (Å²) >= 11 is 0. The van der Waals surface area contributed by atoms with E-state index < -0.39 is 4.92 Å². The van der Waals surface area contributed by atoms with Crippen molar-refractivity contribution in [3.63, 3.8) is 0 Å². The summed E-state index contributed by atoms with van der Waals surface area (Å²) in [5, 5.41) is 14.7. The molecule has 0 unspecified atom stereocenters. The van der Waals surface area contributed by atoms with E-state index in [1.54, 1.807) is 42.5 Å². The smallest absolute Gasteiger partial charge is 0.271 e. The lowest BCUT2D eigenvalue weighted by molar-refractivity contribution is -0.384. The lowest BCUT2D eigenvalue weighted by atomic mass is 10.2. The van der Waals surface area contributed by atoms with Crippen molar-refractivity contribution in [3.05, 3.63) is 93.8 Å². The van der Waals surface area contributed by atoms with Crippen LogP contribution in [0.4, 0.5) is 5.69 Å². The molecule has 3 rings (SSSR count). The highest BCUT2D eigenvalue weighted by Gasteiger charge is 2.08. The molecule has 0 aliphatic heterocycles. The van der Waals surface area contributed by atoms with E-state index in [-0.39, 0.29) is 18.2 Å². The monoisotopic (exact) mass is 406 g/mol. The molecule has 0 fully saturated rings. The molecule has 2 aromatic carbocycles. The maximum Gasteiger partial charge on any atom is 0.271 e. The predicted molar refractivity (Wildman–Crippen MR) is 110 cm³/mol. The minimum atomic E-state index is -0.451. The van der Waals surface area contributed by atoms with Crippen LogP contribution in [-0.4, -0.2) is 29.1 Å². The second kappa shape index (κ2) is 9.78. The Morgan fingerprint density at radius 3 is 2.53 bits per heavy atom. The molecular formula is C21H18N4O5. The molecule has 0 aliphatic rings. The fourth-order valence-electron chi connectivity index (χ4n) is 2.49. The molecule has 1 N–H and O–H groups in total. The largest absolute Gasteiger partial charge is 0.493 e. The Labute approximate surface area is 172 Å². The van der Waals surface area contributed by atoms with Gasteiger partial charge in [0.2, 0.25) is 0 Å². The normalized spacial score (nSPS) is 10.6. The molecular weight excluding hydrogens is 388 g/mol.